The molecule has 0 aromatic heterocycles. The normalized spacial score (nSPS) is 11.3. The number of rotatable bonds is 4. The molecule has 0 unspecified atom stereocenters. The van der Waals surface area contributed by atoms with Gasteiger partial charge in [-0.2, -0.15) is 0 Å². The number of hydrogen-bond acceptors (Lipinski definition) is 2. The van der Waals surface area contributed by atoms with E-state index in [0.717, 1.165) is 5.56 Å². The molecule has 2 amide bonds. The molecule has 19 heavy (non-hydrogen) atoms. The van der Waals surface area contributed by atoms with Gasteiger partial charge in [0.25, 0.3) is 0 Å². The van der Waals surface area contributed by atoms with Crippen molar-refractivity contribution in [2.24, 2.45) is 5.41 Å². The molecular formula is C15H22N2O2. The van der Waals surface area contributed by atoms with Crippen LogP contribution in [0.2, 0.25) is 0 Å². The van der Waals surface area contributed by atoms with Gasteiger partial charge in [-0.15, -0.1) is 0 Å². The van der Waals surface area contributed by atoms with Crippen LogP contribution in [0.1, 0.15) is 33.3 Å². The highest BCUT2D eigenvalue weighted by atomic mass is 16.2. The van der Waals surface area contributed by atoms with Crippen molar-refractivity contribution in [3.8, 4) is 0 Å². The summed E-state index contributed by atoms with van der Waals surface area (Å²) in [5, 5.41) is 5.54. The van der Waals surface area contributed by atoms with Crippen LogP contribution in [0.25, 0.3) is 0 Å². The molecule has 2 N–H and O–H groups in total. The van der Waals surface area contributed by atoms with Gasteiger partial charge >= 0.3 is 0 Å². The van der Waals surface area contributed by atoms with Crippen molar-refractivity contribution >= 4 is 17.5 Å². The van der Waals surface area contributed by atoms with E-state index in [1.54, 1.807) is 19.9 Å². The summed E-state index contributed by atoms with van der Waals surface area (Å²) < 4.78 is 0. The SMILES string of the molecule is Cc1cccc(NC(=O)C(C)(C)C(=O)NC(C)C)c1. The Bertz CT molecular complexity index is 479. The van der Waals surface area contributed by atoms with Gasteiger partial charge in [0.2, 0.25) is 11.8 Å². The van der Waals surface area contributed by atoms with Crippen molar-refractivity contribution in [3.63, 3.8) is 0 Å². The zero-order valence-corrected chi connectivity index (χ0v) is 12.2. The van der Waals surface area contributed by atoms with Gasteiger partial charge < -0.3 is 10.6 Å². The smallest absolute Gasteiger partial charge is 0.239 e. The number of benzene rings is 1. The third-order valence-electron chi connectivity index (χ3n) is 2.83. The van der Waals surface area contributed by atoms with Crippen molar-refractivity contribution in [3.05, 3.63) is 29.8 Å². The van der Waals surface area contributed by atoms with Crippen LogP contribution in [0.15, 0.2) is 24.3 Å². The highest BCUT2D eigenvalue weighted by Gasteiger charge is 2.36. The van der Waals surface area contributed by atoms with Crippen molar-refractivity contribution in [2.45, 2.75) is 40.7 Å². The summed E-state index contributed by atoms with van der Waals surface area (Å²) in [6.07, 6.45) is 0. The van der Waals surface area contributed by atoms with E-state index in [1.165, 1.54) is 0 Å². The molecule has 0 spiro atoms. The summed E-state index contributed by atoms with van der Waals surface area (Å²) in [7, 11) is 0. The second-order valence-corrected chi connectivity index (χ2v) is 5.58. The molecule has 1 aromatic rings. The summed E-state index contributed by atoms with van der Waals surface area (Å²) >= 11 is 0. The minimum absolute atomic E-state index is 0.0125. The first kappa shape index (κ1) is 15.2. The van der Waals surface area contributed by atoms with Crippen molar-refractivity contribution in [2.75, 3.05) is 5.32 Å². The molecule has 0 saturated carbocycles. The molecule has 4 nitrogen and oxygen atoms in total. The van der Waals surface area contributed by atoms with Gasteiger partial charge in [0, 0.05) is 11.7 Å². The van der Waals surface area contributed by atoms with Gasteiger partial charge in [0.1, 0.15) is 5.41 Å². The monoisotopic (exact) mass is 262 g/mol. The van der Waals surface area contributed by atoms with Crippen LogP contribution >= 0.6 is 0 Å². The maximum absolute atomic E-state index is 12.2. The molecule has 0 saturated heterocycles. The van der Waals surface area contributed by atoms with Gasteiger partial charge in [-0.3, -0.25) is 9.59 Å². The Morgan fingerprint density at radius 2 is 1.79 bits per heavy atom. The molecule has 0 atom stereocenters. The summed E-state index contributed by atoms with van der Waals surface area (Å²) in [5.74, 6) is -0.580. The molecule has 0 bridgehead atoms. The van der Waals surface area contributed by atoms with E-state index < -0.39 is 5.41 Å². The van der Waals surface area contributed by atoms with Crippen LogP contribution in [-0.4, -0.2) is 17.9 Å². The lowest BCUT2D eigenvalue weighted by Gasteiger charge is -2.24. The zero-order chi connectivity index (χ0) is 14.6. The highest BCUT2D eigenvalue weighted by Crippen LogP contribution is 2.19. The van der Waals surface area contributed by atoms with Crippen LogP contribution in [0, 0.1) is 12.3 Å². The van der Waals surface area contributed by atoms with E-state index in [-0.39, 0.29) is 17.9 Å². The number of nitrogens with one attached hydrogen (secondary N) is 2. The fraction of sp³-hybridized carbons (Fsp3) is 0.467. The maximum Gasteiger partial charge on any atom is 0.239 e. The third kappa shape index (κ3) is 4.09. The predicted molar refractivity (Wildman–Crippen MR) is 76.9 cm³/mol. The van der Waals surface area contributed by atoms with E-state index in [4.69, 9.17) is 0 Å². The molecule has 0 aliphatic carbocycles. The molecule has 1 aromatic carbocycles. The summed E-state index contributed by atoms with van der Waals surface area (Å²) in [6.45, 7) is 8.93. The molecular weight excluding hydrogens is 240 g/mol. The molecule has 0 aliphatic heterocycles. The van der Waals surface area contributed by atoms with Crippen LogP contribution in [0.3, 0.4) is 0 Å². The van der Waals surface area contributed by atoms with Gasteiger partial charge in [-0.25, -0.2) is 0 Å². The summed E-state index contributed by atoms with van der Waals surface area (Å²) in [4.78, 5) is 24.2. The minimum atomic E-state index is -1.10. The highest BCUT2D eigenvalue weighted by molar-refractivity contribution is 6.09. The minimum Gasteiger partial charge on any atom is -0.353 e. The van der Waals surface area contributed by atoms with E-state index >= 15 is 0 Å². The van der Waals surface area contributed by atoms with Gasteiger partial charge in [-0.1, -0.05) is 12.1 Å². The largest absolute Gasteiger partial charge is 0.353 e. The van der Waals surface area contributed by atoms with Crippen molar-refractivity contribution in [1.82, 2.24) is 5.32 Å². The summed E-state index contributed by atoms with van der Waals surface area (Å²) in [5.41, 5.74) is 0.659. The first-order valence-corrected chi connectivity index (χ1v) is 6.42. The molecule has 104 valence electrons. The first-order chi connectivity index (χ1) is 8.73. The van der Waals surface area contributed by atoms with Crippen LogP contribution in [0.5, 0.6) is 0 Å². The summed E-state index contributed by atoms with van der Waals surface area (Å²) in [6, 6.07) is 7.51. The topological polar surface area (TPSA) is 58.2 Å². The van der Waals surface area contributed by atoms with Gasteiger partial charge in [0.05, 0.1) is 0 Å². The predicted octanol–water partition coefficient (Wildman–Crippen LogP) is 2.48. The zero-order valence-electron chi connectivity index (χ0n) is 12.2. The number of amides is 2. The standard InChI is InChI=1S/C15H22N2O2/c1-10(2)16-13(18)15(4,5)14(19)17-12-8-6-7-11(3)9-12/h6-10H,1-5H3,(H,16,18)(H,17,19). The third-order valence-corrected chi connectivity index (χ3v) is 2.83. The number of carbonyl (C=O) groups excluding carboxylic acids is 2. The lowest BCUT2D eigenvalue weighted by atomic mass is 9.90. The number of carbonyl (C=O) groups is 2. The molecule has 0 fully saturated rings. The second kappa shape index (κ2) is 5.87. The molecule has 4 heteroatoms. The Morgan fingerprint density at radius 3 is 2.32 bits per heavy atom. The Morgan fingerprint density at radius 1 is 1.16 bits per heavy atom. The van der Waals surface area contributed by atoms with Crippen LogP contribution in [-0.2, 0) is 9.59 Å². The lowest BCUT2D eigenvalue weighted by Crippen LogP contribution is -2.47. The van der Waals surface area contributed by atoms with E-state index in [1.807, 2.05) is 39.0 Å². The average molecular weight is 262 g/mol. The fourth-order valence-corrected chi connectivity index (χ4v) is 1.56. The molecule has 0 heterocycles. The van der Waals surface area contributed by atoms with Gasteiger partial charge in [-0.05, 0) is 52.3 Å². The second-order valence-electron chi connectivity index (χ2n) is 5.58. The van der Waals surface area contributed by atoms with Gasteiger partial charge in [0.15, 0.2) is 0 Å². The van der Waals surface area contributed by atoms with Crippen LogP contribution in [0.4, 0.5) is 5.69 Å². The fourth-order valence-electron chi connectivity index (χ4n) is 1.56. The lowest BCUT2D eigenvalue weighted by molar-refractivity contribution is -0.138. The molecule has 0 radical (unpaired) electrons. The molecule has 0 aliphatic rings. The van der Waals surface area contributed by atoms with Crippen molar-refractivity contribution in [1.29, 1.82) is 0 Å². The Hall–Kier alpha value is -1.84. The van der Waals surface area contributed by atoms with E-state index in [2.05, 4.69) is 10.6 Å². The number of aryl methyl sites for hydroxylation is 1. The average Bonchev–Trinajstić information content (AvgIpc) is 2.27. The molecule has 1 rings (SSSR count). The maximum atomic E-state index is 12.2. The van der Waals surface area contributed by atoms with Crippen LogP contribution < -0.4 is 10.6 Å². The quantitative estimate of drug-likeness (QED) is 0.819. The van der Waals surface area contributed by atoms with E-state index in [9.17, 15) is 9.59 Å². The first-order valence-electron chi connectivity index (χ1n) is 6.42. The van der Waals surface area contributed by atoms with Crippen molar-refractivity contribution < 1.29 is 9.59 Å². The Labute approximate surface area is 114 Å². The Kier molecular flexibility index (Phi) is 4.70. The van der Waals surface area contributed by atoms with E-state index in [0.29, 0.717) is 5.69 Å². The number of anilines is 1. The Balaban J connectivity index is 2.79. The number of hydrogen-bond donors (Lipinski definition) is 2.